The van der Waals surface area contributed by atoms with Crippen LogP contribution >= 0.6 is 0 Å². The standard InChI is InChI=1S/C15H23N3O4/c1-3-21-15(20)12-6-4-5-8-18(12)9-7-14(19)16-13-10-11(2)22-17-13/h10,12H,3-9H2,1-2H3,(H,16,17,19). The summed E-state index contributed by atoms with van der Waals surface area (Å²) in [5.41, 5.74) is 0. The first kappa shape index (κ1) is 16.5. The van der Waals surface area contributed by atoms with Gasteiger partial charge in [0.25, 0.3) is 0 Å². The van der Waals surface area contributed by atoms with Crippen LogP contribution in [0.5, 0.6) is 0 Å². The predicted molar refractivity (Wildman–Crippen MR) is 80.3 cm³/mol. The number of piperidine rings is 1. The number of anilines is 1. The van der Waals surface area contributed by atoms with Crippen LogP contribution in [0.1, 0.15) is 38.4 Å². The number of aryl methyl sites for hydroxylation is 1. The largest absolute Gasteiger partial charge is 0.465 e. The number of rotatable bonds is 6. The fraction of sp³-hybridized carbons (Fsp3) is 0.667. The molecule has 1 aromatic rings. The molecule has 1 aliphatic heterocycles. The van der Waals surface area contributed by atoms with E-state index >= 15 is 0 Å². The predicted octanol–water partition coefficient (Wildman–Crippen LogP) is 1.73. The first-order chi connectivity index (χ1) is 10.6. The number of carbonyl (C=O) groups is 2. The molecule has 0 radical (unpaired) electrons. The van der Waals surface area contributed by atoms with E-state index in [1.165, 1.54) is 0 Å². The van der Waals surface area contributed by atoms with Crippen molar-refractivity contribution < 1.29 is 18.8 Å². The number of aromatic nitrogens is 1. The highest BCUT2D eigenvalue weighted by Gasteiger charge is 2.29. The van der Waals surface area contributed by atoms with Gasteiger partial charge in [0.1, 0.15) is 11.8 Å². The number of likely N-dealkylation sites (tertiary alicyclic amines) is 1. The molecule has 2 rings (SSSR count). The summed E-state index contributed by atoms with van der Waals surface area (Å²) < 4.78 is 10.0. The summed E-state index contributed by atoms with van der Waals surface area (Å²) in [6, 6.07) is 1.44. The first-order valence-corrected chi connectivity index (χ1v) is 7.74. The highest BCUT2D eigenvalue weighted by molar-refractivity contribution is 5.89. The van der Waals surface area contributed by atoms with Crippen LogP contribution in [0.4, 0.5) is 5.82 Å². The third-order valence-electron chi connectivity index (χ3n) is 3.69. The SMILES string of the molecule is CCOC(=O)C1CCCCN1CCC(=O)Nc1cc(C)on1. The molecule has 22 heavy (non-hydrogen) atoms. The third-order valence-corrected chi connectivity index (χ3v) is 3.69. The van der Waals surface area contributed by atoms with Gasteiger partial charge < -0.3 is 14.6 Å². The van der Waals surface area contributed by atoms with Crippen LogP contribution in [0.2, 0.25) is 0 Å². The Bertz CT molecular complexity index is 515. The van der Waals surface area contributed by atoms with Crippen LogP contribution in [-0.2, 0) is 14.3 Å². The molecule has 1 saturated heterocycles. The molecule has 7 heteroatoms. The van der Waals surface area contributed by atoms with Gasteiger partial charge in [0, 0.05) is 19.0 Å². The van der Waals surface area contributed by atoms with Crippen LogP contribution < -0.4 is 5.32 Å². The second-order valence-electron chi connectivity index (χ2n) is 5.42. The Morgan fingerprint density at radius 2 is 2.32 bits per heavy atom. The zero-order valence-electron chi connectivity index (χ0n) is 13.1. The minimum atomic E-state index is -0.226. The summed E-state index contributed by atoms with van der Waals surface area (Å²) in [4.78, 5) is 25.9. The fourth-order valence-electron chi connectivity index (χ4n) is 2.64. The summed E-state index contributed by atoms with van der Waals surface area (Å²) in [5, 5.41) is 6.41. The maximum atomic E-state index is 12.0. The second-order valence-corrected chi connectivity index (χ2v) is 5.42. The zero-order valence-corrected chi connectivity index (χ0v) is 13.1. The maximum Gasteiger partial charge on any atom is 0.323 e. The Balaban J connectivity index is 1.82. The Labute approximate surface area is 130 Å². The summed E-state index contributed by atoms with van der Waals surface area (Å²) in [5.74, 6) is 0.744. The molecular formula is C15H23N3O4. The van der Waals surface area contributed by atoms with Gasteiger partial charge in [0.15, 0.2) is 5.82 Å². The molecule has 1 amide bonds. The van der Waals surface area contributed by atoms with E-state index in [0.717, 1.165) is 25.8 Å². The number of hydrogen-bond acceptors (Lipinski definition) is 6. The second kappa shape index (κ2) is 7.93. The molecule has 7 nitrogen and oxygen atoms in total. The molecule has 2 heterocycles. The summed E-state index contributed by atoms with van der Waals surface area (Å²) in [6.07, 6.45) is 3.16. The maximum absolute atomic E-state index is 12.0. The molecule has 1 aromatic heterocycles. The molecule has 1 unspecified atom stereocenters. The molecule has 0 aliphatic carbocycles. The Hall–Kier alpha value is -1.89. The van der Waals surface area contributed by atoms with Crippen LogP contribution in [0.25, 0.3) is 0 Å². The Morgan fingerprint density at radius 1 is 1.50 bits per heavy atom. The average molecular weight is 309 g/mol. The number of hydrogen-bond donors (Lipinski definition) is 1. The van der Waals surface area contributed by atoms with Crippen LogP contribution in [0.15, 0.2) is 10.6 Å². The topological polar surface area (TPSA) is 84.7 Å². The van der Waals surface area contributed by atoms with Crippen LogP contribution in [0.3, 0.4) is 0 Å². The van der Waals surface area contributed by atoms with Gasteiger partial charge in [-0.25, -0.2) is 0 Å². The summed E-state index contributed by atoms with van der Waals surface area (Å²) in [6.45, 7) is 5.31. The van der Waals surface area contributed by atoms with E-state index in [2.05, 4.69) is 10.5 Å². The number of ether oxygens (including phenoxy) is 1. The average Bonchev–Trinajstić information content (AvgIpc) is 2.91. The Kier molecular flexibility index (Phi) is 5.94. The summed E-state index contributed by atoms with van der Waals surface area (Å²) >= 11 is 0. The van der Waals surface area contributed by atoms with Gasteiger partial charge >= 0.3 is 5.97 Å². The minimum absolute atomic E-state index is 0.138. The van der Waals surface area contributed by atoms with E-state index in [1.54, 1.807) is 19.9 Å². The van der Waals surface area contributed by atoms with Crippen LogP contribution in [0, 0.1) is 6.92 Å². The minimum Gasteiger partial charge on any atom is -0.465 e. The van der Waals surface area contributed by atoms with E-state index in [4.69, 9.17) is 9.26 Å². The lowest BCUT2D eigenvalue weighted by Crippen LogP contribution is -2.46. The number of amides is 1. The number of nitrogens with zero attached hydrogens (tertiary/aromatic N) is 2. The van der Waals surface area contributed by atoms with Crippen molar-refractivity contribution in [3.05, 3.63) is 11.8 Å². The van der Waals surface area contributed by atoms with E-state index in [-0.39, 0.29) is 17.9 Å². The monoisotopic (exact) mass is 309 g/mol. The highest BCUT2D eigenvalue weighted by atomic mass is 16.5. The van der Waals surface area contributed by atoms with Crippen LogP contribution in [-0.4, -0.2) is 47.7 Å². The molecule has 0 spiro atoms. The Morgan fingerprint density at radius 3 is 3.00 bits per heavy atom. The molecule has 122 valence electrons. The molecule has 0 aromatic carbocycles. The van der Waals surface area contributed by atoms with Gasteiger partial charge in [0.2, 0.25) is 5.91 Å². The molecule has 1 fully saturated rings. The van der Waals surface area contributed by atoms with E-state index < -0.39 is 0 Å². The van der Waals surface area contributed by atoms with E-state index in [1.807, 2.05) is 4.90 Å². The number of carbonyl (C=O) groups excluding carboxylic acids is 2. The van der Waals surface area contributed by atoms with Gasteiger partial charge in [-0.05, 0) is 33.2 Å². The highest BCUT2D eigenvalue weighted by Crippen LogP contribution is 2.18. The van der Waals surface area contributed by atoms with Gasteiger partial charge in [-0.3, -0.25) is 14.5 Å². The first-order valence-electron chi connectivity index (χ1n) is 7.74. The third kappa shape index (κ3) is 4.56. The van der Waals surface area contributed by atoms with Crippen molar-refractivity contribution in [2.45, 2.75) is 45.6 Å². The van der Waals surface area contributed by atoms with Crippen molar-refractivity contribution >= 4 is 17.7 Å². The molecule has 0 bridgehead atoms. The zero-order chi connectivity index (χ0) is 15.9. The van der Waals surface area contributed by atoms with Gasteiger partial charge in [-0.2, -0.15) is 0 Å². The van der Waals surface area contributed by atoms with E-state index in [9.17, 15) is 9.59 Å². The van der Waals surface area contributed by atoms with Crippen molar-refractivity contribution in [3.8, 4) is 0 Å². The lowest BCUT2D eigenvalue weighted by molar-refractivity contribution is -0.151. The van der Waals surface area contributed by atoms with Crippen molar-refractivity contribution in [2.75, 3.05) is 25.0 Å². The van der Waals surface area contributed by atoms with Gasteiger partial charge in [0.05, 0.1) is 6.61 Å². The van der Waals surface area contributed by atoms with Gasteiger partial charge in [-0.1, -0.05) is 11.6 Å². The lowest BCUT2D eigenvalue weighted by atomic mass is 10.0. The quantitative estimate of drug-likeness (QED) is 0.806. The molecular weight excluding hydrogens is 286 g/mol. The molecule has 1 N–H and O–H groups in total. The molecule has 0 saturated carbocycles. The van der Waals surface area contributed by atoms with Gasteiger partial charge in [-0.15, -0.1) is 0 Å². The van der Waals surface area contributed by atoms with Crippen molar-refractivity contribution in [1.82, 2.24) is 10.1 Å². The van der Waals surface area contributed by atoms with Crippen molar-refractivity contribution in [3.63, 3.8) is 0 Å². The summed E-state index contributed by atoms with van der Waals surface area (Å²) in [7, 11) is 0. The fourth-order valence-corrected chi connectivity index (χ4v) is 2.64. The number of esters is 1. The molecule has 1 aliphatic rings. The lowest BCUT2D eigenvalue weighted by Gasteiger charge is -2.33. The van der Waals surface area contributed by atoms with E-state index in [0.29, 0.717) is 31.2 Å². The van der Waals surface area contributed by atoms with Crippen molar-refractivity contribution in [2.24, 2.45) is 0 Å². The number of nitrogens with one attached hydrogen (secondary N) is 1. The normalized spacial score (nSPS) is 18.9. The van der Waals surface area contributed by atoms with Crippen molar-refractivity contribution in [1.29, 1.82) is 0 Å². The smallest absolute Gasteiger partial charge is 0.323 e. The molecule has 1 atom stereocenters.